The van der Waals surface area contributed by atoms with Gasteiger partial charge in [-0.05, 0) is 55.8 Å². The Morgan fingerprint density at radius 2 is 1.72 bits per heavy atom. The van der Waals surface area contributed by atoms with Gasteiger partial charge in [-0.3, -0.25) is 0 Å². The van der Waals surface area contributed by atoms with Gasteiger partial charge in [-0.25, -0.2) is 0 Å². The van der Waals surface area contributed by atoms with E-state index >= 15 is 0 Å². The van der Waals surface area contributed by atoms with Crippen LogP contribution in [0, 0.1) is 29.1 Å². The first-order chi connectivity index (χ1) is 8.60. The Labute approximate surface area is 114 Å². The van der Waals surface area contributed by atoms with Crippen molar-refractivity contribution in [1.29, 1.82) is 0 Å². The molecule has 0 aromatic heterocycles. The molecule has 0 heterocycles. The van der Waals surface area contributed by atoms with Gasteiger partial charge < -0.3 is 4.43 Å². The van der Waals surface area contributed by atoms with Crippen molar-refractivity contribution in [2.75, 3.05) is 0 Å². The van der Waals surface area contributed by atoms with Gasteiger partial charge in [0.2, 0.25) is 0 Å². The van der Waals surface area contributed by atoms with Crippen molar-refractivity contribution in [3.63, 3.8) is 0 Å². The summed E-state index contributed by atoms with van der Waals surface area (Å²) >= 11 is 0. The summed E-state index contributed by atoms with van der Waals surface area (Å²) < 4.78 is 6.09. The molecule has 2 heteroatoms. The fourth-order valence-corrected chi connectivity index (χ4v) is 6.57. The zero-order chi connectivity index (χ0) is 13.0. The largest absolute Gasteiger partial charge is 0.415 e. The van der Waals surface area contributed by atoms with Crippen molar-refractivity contribution in [1.82, 2.24) is 0 Å². The molecule has 100 valence electrons. The van der Waals surface area contributed by atoms with Crippen molar-refractivity contribution in [3.05, 3.63) is 25.3 Å². The van der Waals surface area contributed by atoms with Crippen LogP contribution in [0.25, 0.3) is 0 Å². The first-order valence-electron chi connectivity index (χ1n) is 7.43. The number of hydrogen-bond acceptors (Lipinski definition) is 1. The predicted molar refractivity (Wildman–Crippen MR) is 79.3 cm³/mol. The van der Waals surface area contributed by atoms with Gasteiger partial charge in [-0.15, -0.1) is 0 Å². The SMILES string of the molecule is C=CC(C=C)(O[SiH3])C12CC3CC(CC(C3)C1C)C2. The molecule has 0 aromatic rings. The van der Waals surface area contributed by atoms with Crippen LogP contribution in [0.4, 0.5) is 0 Å². The highest BCUT2D eigenvalue weighted by atomic mass is 28.2. The van der Waals surface area contributed by atoms with Gasteiger partial charge in [0, 0.05) is 5.41 Å². The second-order valence-electron chi connectivity index (χ2n) is 6.96. The normalized spacial score (nSPS) is 46.3. The summed E-state index contributed by atoms with van der Waals surface area (Å²) in [5.41, 5.74) is 0.0433. The van der Waals surface area contributed by atoms with Crippen LogP contribution in [0.5, 0.6) is 0 Å². The van der Waals surface area contributed by atoms with Crippen LogP contribution in [0.1, 0.15) is 39.0 Å². The average Bonchev–Trinajstić information content (AvgIpc) is 2.37. The van der Waals surface area contributed by atoms with Gasteiger partial charge in [0.1, 0.15) is 10.5 Å². The molecule has 18 heavy (non-hydrogen) atoms. The Morgan fingerprint density at radius 1 is 1.17 bits per heavy atom. The molecule has 4 aliphatic carbocycles. The van der Waals surface area contributed by atoms with E-state index in [-0.39, 0.29) is 5.60 Å². The third-order valence-corrected chi connectivity index (χ3v) is 7.22. The quantitative estimate of drug-likeness (QED) is 0.559. The fraction of sp³-hybridized carbons (Fsp3) is 0.750. The number of hydrogen-bond donors (Lipinski definition) is 0. The minimum absolute atomic E-state index is 0.255. The zero-order valence-corrected chi connectivity index (χ0v) is 13.8. The molecule has 4 fully saturated rings. The summed E-state index contributed by atoms with van der Waals surface area (Å²) in [6.45, 7) is 10.6. The molecule has 4 aliphatic rings. The molecule has 0 aromatic carbocycles. The fourth-order valence-electron chi connectivity index (χ4n) is 5.83. The van der Waals surface area contributed by atoms with Crippen LogP contribution in [0.15, 0.2) is 25.3 Å². The Balaban J connectivity index is 2.07. The maximum atomic E-state index is 6.09. The smallest absolute Gasteiger partial charge is 0.147 e. The molecule has 4 saturated carbocycles. The van der Waals surface area contributed by atoms with Crippen molar-refractivity contribution in [2.24, 2.45) is 29.1 Å². The van der Waals surface area contributed by atoms with Crippen LogP contribution in [0.2, 0.25) is 0 Å². The standard InChI is InChI=1S/C16H26OSi/c1-4-16(5-2,17-18)15-9-12-6-13(10-15)8-14(7-12)11(15)3/h4-5,11-14H,1-2,6-10H2,3,18H3. The van der Waals surface area contributed by atoms with Crippen LogP contribution < -0.4 is 0 Å². The van der Waals surface area contributed by atoms with E-state index in [4.69, 9.17) is 4.43 Å². The summed E-state index contributed by atoms with van der Waals surface area (Å²) in [6.07, 6.45) is 11.2. The molecular formula is C16H26OSi. The van der Waals surface area contributed by atoms with Gasteiger partial charge in [0.05, 0.1) is 5.60 Å². The van der Waals surface area contributed by atoms with Gasteiger partial charge in [-0.2, -0.15) is 0 Å². The average molecular weight is 262 g/mol. The number of rotatable bonds is 4. The monoisotopic (exact) mass is 262 g/mol. The van der Waals surface area contributed by atoms with Gasteiger partial charge in [0.25, 0.3) is 0 Å². The highest BCUT2D eigenvalue weighted by Crippen LogP contribution is 2.67. The van der Waals surface area contributed by atoms with E-state index in [0.29, 0.717) is 5.41 Å². The lowest BCUT2D eigenvalue weighted by atomic mass is 9.41. The van der Waals surface area contributed by atoms with E-state index in [1.807, 2.05) is 0 Å². The van der Waals surface area contributed by atoms with Crippen LogP contribution in [-0.2, 0) is 4.43 Å². The van der Waals surface area contributed by atoms with E-state index in [1.54, 1.807) is 0 Å². The Kier molecular flexibility index (Phi) is 2.87. The molecular weight excluding hydrogens is 236 g/mol. The molecule has 0 spiro atoms. The van der Waals surface area contributed by atoms with E-state index in [2.05, 4.69) is 32.2 Å². The summed E-state index contributed by atoms with van der Waals surface area (Å²) in [5.74, 6) is 3.56. The van der Waals surface area contributed by atoms with Gasteiger partial charge in [-0.1, -0.05) is 32.2 Å². The Hall–Kier alpha value is -0.343. The molecule has 4 bridgehead atoms. The highest BCUT2D eigenvalue weighted by Gasteiger charge is 2.62. The lowest BCUT2D eigenvalue weighted by Gasteiger charge is -2.65. The van der Waals surface area contributed by atoms with Crippen molar-refractivity contribution in [3.8, 4) is 0 Å². The van der Waals surface area contributed by atoms with Crippen LogP contribution >= 0.6 is 0 Å². The molecule has 0 amide bonds. The minimum atomic E-state index is -0.255. The van der Waals surface area contributed by atoms with Crippen molar-refractivity contribution < 1.29 is 4.43 Å². The molecule has 0 aliphatic heterocycles. The Bertz CT molecular complexity index is 353. The van der Waals surface area contributed by atoms with Crippen molar-refractivity contribution in [2.45, 2.75) is 44.6 Å². The summed E-state index contributed by atoms with van der Waals surface area (Å²) in [4.78, 5) is 0. The summed E-state index contributed by atoms with van der Waals surface area (Å²) in [7, 11) is 0.761. The third-order valence-electron chi connectivity index (χ3n) is 6.55. The first kappa shape index (κ1) is 12.7. The van der Waals surface area contributed by atoms with Gasteiger partial charge in [0.15, 0.2) is 0 Å². The van der Waals surface area contributed by atoms with E-state index < -0.39 is 0 Å². The molecule has 1 nitrogen and oxygen atoms in total. The van der Waals surface area contributed by atoms with Gasteiger partial charge >= 0.3 is 0 Å². The van der Waals surface area contributed by atoms with Crippen LogP contribution in [-0.4, -0.2) is 16.1 Å². The van der Waals surface area contributed by atoms with E-state index in [1.165, 1.54) is 32.1 Å². The predicted octanol–water partition coefficient (Wildman–Crippen LogP) is 2.86. The highest BCUT2D eigenvalue weighted by molar-refractivity contribution is 5.98. The summed E-state index contributed by atoms with van der Waals surface area (Å²) in [6, 6.07) is 0. The lowest BCUT2D eigenvalue weighted by molar-refractivity contribution is -0.164. The lowest BCUT2D eigenvalue weighted by Crippen LogP contribution is -2.62. The third kappa shape index (κ3) is 1.36. The Morgan fingerprint density at radius 3 is 2.17 bits per heavy atom. The minimum Gasteiger partial charge on any atom is -0.415 e. The molecule has 4 rings (SSSR count). The van der Waals surface area contributed by atoms with Crippen molar-refractivity contribution >= 4 is 10.5 Å². The topological polar surface area (TPSA) is 9.23 Å². The molecule has 3 unspecified atom stereocenters. The second-order valence-corrected chi connectivity index (χ2v) is 7.37. The molecule has 0 radical (unpaired) electrons. The first-order valence-corrected chi connectivity index (χ1v) is 8.25. The molecule has 0 N–H and O–H groups in total. The maximum Gasteiger partial charge on any atom is 0.147 e. The zero-order valence-electron chi connectivity index (χ0n) is 11.8. The second kappa shape index (κ2) is 4.07. The molecule has 3 atom stereocenters. The van der Waals surface area contributed by atoms with E-state index in [9.17, 15) is 0 Å². The van der Waals surface area contributed by atoms with Crippen LogP contribution in [0.3, 0.4) is 0 Å². The molecule has 0 saturated heterocycles. The summed E-state index contributed by atoms with van der Waals surface area (Å²) in [5, 5.41) is 0. The van der Waals surface area contributed by atoms with E-state index in [0.717, 1.165) is 34.2 Å². The maximum absolute atomic E-state index is 6.09.